The normalized spacial score (nSPS) is 38.1. The smallest absolute Gasteiger partial charge is 0.308 e. The summed E-state index contributed by atoms with van der Waals surface area (Å²) in [5.41, 5.74) is 0.559. The molecule has 6 rings (SSSR count). The topological polar surface area (TPSA) is 63.7 Å². The third-order valence-corrected chi connectivity index (χ3v) is 6.02. The molecule has 6 atom stereocenters. The molecule has 4 aliphatic carbocycles. The van der Waals surface area contributed by atoms with Crippen LogP contribution >= 0.6 is 0 Å². The van der Waals surface area contributed by atoms with E-state index in [0.717, 1.165) is 6.42 Å². The Morgan fingerprint density at radius 2 is 1.54 bits per heavy atom. The first-order valence-corrected chi connectivity index (χ1v) is 8.41. The first-order valence-electron chi connectivity index (χ1n) is 8.41. The van der Waals surface area contributed by atoms with E-state index < -0.39 is 5.97 Å². The number of imide groups is 1. The summed E-state index contributed by atoms with van der Waals surface area (Å²) in [6.45, 7) is 1.33. The molecule has 1 saturated heterocycles. The van der Waals surface area contributed by atoms with Gasteiger partial charge in [0.2, 0.25) is 11.8 Å². The molecule has 24 heavy (non-hydrogen) atoms. The second-order valence-electron chi connectivity index (χ2n) is 7.25. The van der Waals surface area contributed by atoms with Gasteiger partial charge in [0.25, 0.3) is 0 Å². The van der Waals surface area contributed by atoms with Crippen LogP contribution in [0.5, 0.6) is 5.75 Å². The highest BCUT2D eigenvalue weighted by atomic mass is 16.5. The van der Waals surface area contributed by atoms with Crippen LogP contribution in [0.4, 0.5) is 5.69 Å². The van der Waals surface area contributed by atoms with Crippen LogP contribution in [0, 0.1) is 35.5 Å². The number of carbonyl (C=O) groups excluding carboxylic acids is 3. The number of nitrogens with zero attached hydrogens (tertiary/aromatic N) is 1. The Balaban J connectivity index is 1.47. The van der Waals surface area contributed by atoms with E-state index in [1.165, 1.54) is 11.8 Å². The number of rotatable bonds is 2. The van der Waals surface area contributed by atoms with E-state index in [4.69, 9.17) is 4.74 Å². The largest absolute Gasteiger partial charge is 0.427 e. The number of hydrogen-bond acceptors (Lipinski definition) is 4. The first kappa shape index (κ1) is 14.0. The van der Waals surface area contributed by atoms with Crippen molar-refractivity contribution in [3.63, 3.8) is 0 Å². The van der Waals surface area contributed by atoms with Crippen molar-refractivity contribution in [2.45, 2.75) is 13.3 Å². The van der Waals surface area contributed by atoms with Crippen LogP contribution in [0.2, 0.25) is 0 Å². The van der Waals surface area contributed by atoms with Gasteiger partial charge in [-0.25, -0.2) is 0 Å². The van der Waals surface area contributed by atoms with E-state index >= 15 is 0 Å². The van der Waals surface area contributed by atoms with Crippen LogP contribution in [0.15, 0.2) is 36.4 Å². The van der Waals surface area contributed by atoms with Crippen molar-refractivity contribution in [1.82, 2.24) is 0 Å². The Morgan fingerprint density at radius 3 is 2.04 bits per heavy atom. The van der Waals surface area contributed by atoms with Crippen LogP contribution in [-0.2, 0) is 14.4 Å². The maximum absolute atomic E-state index is 13.0. The molecule has 2 saturated carbocycles. The van der Waals surface area contributed by atoms with E-state index in [1.807, 2.05) is 0 Å². The van der Waals surface area contributed by atoms with Gasteiger partial charge in [-0.05, 0) is 54.4 Å². The van der Waals surface area contributed by atoms with E-state index in [1.54, 1.807) is 24.3 Å². The molecule has 0 aromatic heterocycles. The van der Waals surface area contributed by atoms with Crippen molar-refractivity contribution >= 4 is 23.5 Å². The third kappa shape index (κ3) is 1.72. The zero-order valence-corrected chi connectivity index (χ0v) is 13.2. The molecule has 2 amide bonds. The number of esters is 1. The van der Waals surface area contributed by atoms with Gasteiger partial charge in [-0.3, -0.25) is 19.3 Å². The zero-order valence-electron chi connectivity index (χ0n) is 13.2. The van der Waals surface area contributed by atoms with Gasteiger partial charge in [-0.15, -0.1) is 0 Å². The highest BCUT2D eigenvalue weighted by molar-refractivity contribution is 6.22. The van der Waals surface area contributed by atoms with Crippen LogP contribution in [0.25, 0.3) is 0 Å². The molecule has 122 valence electrons. The first-order chi connectivity index (χ1) is 11.6. The fourth-order valence-corrected chi connectivity index (χ4v) is 5.04. The fourth-order valence-electron chi connectivity index (χ4n) is 5.04. The predicted molar refractivity (Wildman–Crippen MR) is 84.9 cm³/mol. The minimum Gasteiger partial charge on any atom is -0.427 e. The lowest BCUT2D eigenvalue weighted by Gasteiger charge is -2.37. The molecule has 1 heterocycles. The lowest BCUT2D eigenvalue weighted by Crippen LogP contribution is -2.40. The molecule has 0 radical (unpaired) electrons. The summed E-state index contributed by atoms with van der Waals surface area (Å²) in [5, 5.41) is 0. The molecule has 0 spiro atoms. The summed E-state index contributed by atoms with van der Waals surface area (Å²) in [6.07, 6.45) is 5.49. The van der Waals surface area contributed by atoms with Gasteiger partial charge >= 0.3 is 5.97 Å². The molecular formula is C19H17NO4. The van der Waals surface area contributed by atoms with Crippen molar-refractivity contribution in [2.24, 2.45) is 35.5 Å². The van der Waals surface area contributed by atoms with Gasteiger partial charge in [0.1, 0.15) is 5.75 Å². The molecular weight excluding hydrogens is 306 g/mol. The Hall–Kier alpha value is -2.43. The van der Waals surface area contributed by atoms with Crippen molar-refractivity contribution in [1.29, 1.82) is 0 Å². The standard InChI is InChI=1S/C19H17NO4/c1-9(21)24-11-4-2-10(3-5-11)20-18(22)16-12-6-7-13(15-8-14(12)15)17(16)19(20)23/h2-7,12-17H,8H2,1H3/t12-,13+,14-,15-,16+,17-/m1/s1. The van der Waals surface area contributed by atoms with Gasteiger partial charge in [0, 0.05) is 6.92 Å². The molecule has 1 aromatic rings. The molecule has 5 nitrogen and oxygen atoms in total. The monoisotopic (exact) mass is 323 g/mol. The van der Waals surface area contributed by atoms with E-state index in [-0.39, 0.29) is 35.5 Å². The van der Waals surface area contributed by atoms with Gasteiger partial charge < -0.3 is 4.74 Å². The maximum atomic E-state index is 13.0. The minimum atomic E-state index is -0.399. The van der Waals surface area contributed by atoms with Gasteiger partial charge in [0.15, 0.2) is 0 Å². The molecule has 0 N–H and O–H groups in total. The number of hydrogen-bond donors (Lipinski definition) is 0. The molecule has 5 heteroatoms. The molecule has 1 aromatic carbocycles. The number of amides is 2. The average Bonchev–Trinajstić information content (AvgIpc) is 3.33. The summed E-state index contributed by atoms with van der Waals surface area (Å²) >= 11 is 0. The van der Waals surface area contributed by atoms with Crippen molar-refractivity contribution < 1.29 is 19.1 Å². The Labute approximate surface area is 139 Å². The van der Waals surface area contributed by atoms with Crippen LogP contribution in [0.3, 0.4) is 0 Å². The van der Waals surface area contributed by atoms with E-state index in [2.05, 4.69) is 12.2 Å². The molecule has 3 fully saturated rings. The summed E-state index contributed by atoms with van der Waals surface area (Å²) in [4.78, 5) is 38.2. The van der Waals surface area contributed by atoms with Crippen LogP contribution < -0.4 is 9.64 Å². The van der Waals surface area contributed by atoms with Crippen molar-refractivity contribution in [3.8, 4) is 5.75 Å². The maximum Gasteiger partial charge on any atom is 0.308 e. The van der Waals surface area contributed by atoms with Crippen LogP contribution in [-0.4, -0.2) is 17.8 Å². The molecule has 5 aliphatic rings. The Bertz CT molecular complexity index is 760. The molecule has 0 unspecified atom stereocenters. The molecule has 2 bridgehead atoms. The number of anilines is 1. The number of ether oxygens (including phenoxy) is 1. The minimum absolute atomic E-state index is 0.0741. The summed E-state index contributed by atoms with van der Waals surface area (Å²) in [7, 11) is 0. The zero-order chi connectivity index (χ0) is 16.6. The average molecular weight is 323 g/mol. The fraction of sp³-hybridized carbons (Fsp3) is 0.421. The number of carbonyl (C=O) groups is 3. The highest BCUT2D eigenvalue weighted by Crippen LogP contribution is 2.65. The van der Waals surface area contributed by atoms with Gasteiger partial charge in [0.05, 0.1) is 17.5 Å². The highest BCUT2D eigenvalue weighted by Gasteiger charge is 2.67. The van der Waals surface area contributed by atoms with Gasteiger partial charge in [-0.1, -0.05) is 12.2 Å². The van der Waals surface area contributed by atoms with Crippen molar-refractivity contribution in [2.75, 3.05) is 4.90 Å². The lowest BCUT2D eigenvalue weighted by molar-refractivity contribution is -0.132. The van der Waals surface area contributed by atoms with E-state index in [0.29, 0.717) is 23.3 Å². The lowest BCUT2D eigenvalue weighted by atomic mass is 9.63. The quantitative estimate of drug-likeness (QED) is 0.362. The third-order valence-electron chi connectivity index (χ3n) is 6.02. The van der Waals surface area contributed by atoms with Crippen LogP contribution in [0.1, 0.15) is 13.3 Å². The van der Waals surface area contributed by atoms with Crippen molar-refractivity contribution in [3.05, 3.63) is 36.4 Å². The number of benzene rings is 1. The van der Waals surface area contributed by atoms with E-state index in [9.17, 15) is 14.4 Å². The number of allylic oxidation sites excluding steroid dienone is 2. The second-order valence-corrected chi connectivity index (χ2v) is 7.25. The summed E-state index contributed by atoms with van der Waals surface area (Å²) in [5.74, 6) is 1.14. The second kappa shape index (κ2) is 4.56. The Morgan fingerprint density at radius 1 is 1.00 bits per heavy atom. The SMILES string of the molecule is CC(=O)Oc1ccc(N2C(=O)[C@@H]3[C@H]4C=C[C@H]([C@H]5C[C@H]45)[C@@H]3C2=O)cc1. The summed E-state index contributed by atoms with van der Waals surface area (Å²) < 4.78 is 5.01. The predicted octanol–water partition coefficient (Wildman–Crippen LogP) is 2.17. The Kier molecular flexibility index (Phi) is 2.65. The molecule has 1 aliphatic heterocycles. The summed E-state index contributed by atoms with van der Waals surface area (Å²) in [6, 6.07) is 6.57. The van der Waals surface area contributed by atoms with Gasteiger partial charge in [-0.2, -0.15) is 0 Å².